The van der Waals surface area contributed by atoms with E-state index >= 15 is 0 Å². The summed E-state index contributed by atoms with van der Waals surface area (Å²) in [6.45, 7) is 0. The molecule has 0 aliphatic carbocycles. The lowest BCUT2D eigenvalue weighted by molar-refractivity contribution is -0.137. The van der Waals surface area contributed by atoms with E-state index in [4.69, 9.17) is 11.6 Å². The van der Waals surface area contributed by atoms with Gasteiger partial charge in [0.05, 0.1) is 11.6 Å². The molecule has 0 bridgehead atoms. The van der Waals surface area contributed by atoms with Crippen molar-refractivity contribution >= 4 is 33.0 Å². The van der Waals surface area contributed by atoms with Crippen LogP contribution in [0.5, 0.6) is 0 Å². The molecular formula is C12H11BrF3N3S. The molecule has 0 radical (unpaired) electrons. The molecule has 1 atom stereocenters. The summed E-state index contributed by atoms with van der Waals surface area (Å²) >= 11 is 4.75. The highest BCUT2D eigenvalue weighted by molar-refractivity contribution is 9.10. The van der Waals surface area contributed by atoms with Gasteiger partial charge in [-0.1, -0.05) is 0 Å². The average Bonchev–Trinajstić information content (AvgIpc) is 2.78. The quantitative estimate of drug-likeness (QED) is 0.441. The van der Waals surface area contributed by atoms with Crippen molar-refractivity contribution in [2.45, 2.75) is 12.2 Å². The van der Waals surface area contributed by atoms with Crippen LogP contribution < -0.4 is 17.0 Å². The van der Waals surface area contributed by atoms with Gasteiger partial charge in [-0.25, -0.2) is 5.43 Å². The molecule has 2 aromatic rings. The van der Waals surface area contributed by atoms with Crippen molar-refractivity contribution < 1.29 is 13.2 Å². The molecule has 0 saturated carbocycles. The summed E-state index contributed by atoms with van der Waals surface area (Å²) in [5, 5.41) is 3.62. The third-order valence-corrected chi connectivity index (χ3v) is 4.60. The lowest BCUT2D eigenvalue weighted by atomic mass is 9.98. The molecule has 1 unspecified atom stereocenters. The number of anilines is 1. The number of benzene rings is 1. The Labute approximate surface area is 125 Å². The van der Waals surface area contributed by atoms with Crippen molar-refractivity contribution in [2.24, 2.45) is 5.84 Å². The van der Waals surface area contributed by atoms with Gasteiger partial charge in [-0.2, -0.15) is 24.5 Å². The van der Waals surface area contributed by atoms with E-state index in [1.807, 2.05) is 5.38 Å². The van der Waals surface area contributed by atoms with Gasteiger partial charge < -0.3 is 5.73 Å². The number of rotatable bonds is 3. The van der Waals surface area contributed by atoms with Crippen LogP contribution in [0.15, 0.2) is 33.4 Å². The van der Waals surface area contributed by atoms with Crippen LogP contribution in [0.1, 0.15) is 22.7 Å². The lowest BCUT2D eigenvalue weighted by Gasteiger charge is -2.19. The number of hydrazine groups is 1. The van der Waals surface area contributed by atoms with Crippen LogP contribution in [0.3, 0.4) is 0 Å². The summed E-state index contributed by atoms with van der Waals surface area (Å²) in [6, 6.07) is 2.60. The van der Waals surface area contributed by atoms with Crippen molar-refractivity contribution in [1.29, 1.82) is 0 Å². The summed E-state index contributed by atoms with van der Waals surface area (Å²) in [6.07, 6.45) is -4.42. The molecule has 5 N–H and O–H groups in total. The molecule has 108 valence electrons. The van der Waals surface area contributed by atoms with Gasteiger partial charge in [-0.15, -0.1) is 0 Å². The summed E-state index contributed by atoms with van der Waals surface area (Å²) in [7, 11) is 0. The predicted octanol–water partition coefficient (Wildman–Crippen LogP) is 3.66. The Morgan fingerprint density at radius 1 is 1.20 bits per heavy atom. The zero-order valence-corrected chi connectivity index (χ0v) is 12.4. The molecule has 2 rings (SSSR count). The SMILES string of the molecule is NNC(c1cc(C(F)(F)F)ccc1N)c1cscc1Br. The minimum absolute atomic E-state index is 0.249. The van der Waals surface area contributed by atoms with E-state index in [-0.39, 0.29) is 5.69 Å². The maximum Gasteiger partial charge on any atom is 0.416 e. The monoisotopic (exact) mass is 365 g/mol. The van der Waals surface area contributed by atoms with Crippen LogP contribution in [0, 0.1) is 0 Å². The van der Waals surface area contributed by atoms with Crippen molar-refractivity contribution in [2.75, 3.05) is 5.73 Å². The molecule has 20 heavy (non-hydrogen) atoms. The third kappa shape index (κ3) is 2.98. The van der Waals surface area contributed by atoms with Crippen molar-refractivity contribution in [1.82, 2.24) is 5.43 Å². The number of hydrogen-bond donors (Lipinski definition) is 3. The fourth-order valence-corrected chi connectivity index (χ4v) is 3.40. The number of nitrogens with one attached hydrogen (secondary N) is 1. The summed E-state index contributed by atoms with van der Waals surface area (Å²) in [5.74, 6) is 5.49. The average molecular weight is 366 g/mol. The molecular weight excluding hydrogens is 355 g/mol. The van der Waals surface area contributed by atoms with Gasteiger partial charge in [0.1, 0.15) is 0 Å². The van der Waals surface area contributed by atoms with Crippen LogP contribution in [0.25, 0.3) is 0 Å². The number of hydrogen-bond acceptors (Lipinski definition) is 4. The number of nitrogens with two attached hydrogens (primary N) is 2. The van der Waals surface area contributed by atoms with Gasteiger partial charge >= 0.3 is 6.18 Å². The normalized spacial score (nSPS) is 13.4. The standard InChI is InChI=1S/C12H11BrF3N3S/c13-9-5-20-4-8(9)11(19-18)7-3-6(12(14,15)16)1-2-10(7)17/h1-5,11,19H,17-18H2. The molecule has 1 aromatic carbocycles. The number of halogens is 4. The molecule has 0 aliphatic rings. The van der Waals surface area contributed by atoms with Gasteiger partial charge in [0.15, 0.2) is 0 Å². The second-order valence-corrected chi connectivity index (χ2v) is 5.71. The van der Waals surface area contributed by atoms with Crippen LogP contribution in [-0.2, 0) is 6.18 Å². The predicted molar refractivity (Wildman–Crippen MR) is 77.0 cm³/mol. The zero-order chi connectivity index (χ0) is 14.9. The van der Waals surface area contributed by atoms with Gasteiger partial charge in [0, 0.05) is 15.5 Å². The Balaban J connectivity index is 2.52. The molecule has 0 spiro atoms. The first-order valence-corrected chi connectivity index (χ1v) is 7.22. The van der Waals surface area contributed by atoms with Gasteiger partial charge in [0.2, 0.25) is 0 Å². The number of thiophene rings is 1. The van der Waals surface area contributed by atoms with Crippen LogP contribution in [-0.4, -0.2) is 0 Å². The number of nitrogen functional groups attached to an aromatic ring is 1. The molecule has 0 fully saturated rings. The molecule has 0 saturated heterocycles. The van der Waals surface area contributed by atoms with Crippen LogP contribution in [0.4, 0.5) is 18.9 Å². The first kappa shape index (κ1) is 15.3. The van der Waals surface area contributed by atoms with E-state index in [1.165, 1.54) is 17.4 Å². The minimum atomic E-state index is -4.42. The molecule has 3 nitrogen and oxygen atoms in total. The van der Waals surface area contributed by atoms with Gasteiger partial charge in [-0.05, 0) is 50.6 Å². The van der Waals surface area contributed by atoms with Crippen molar-refractivity contribution in [3.05, 3.63) is 50.1 Å². The van der Waals surface area contributed by atoms with E-state index < -0.39 is 17.8 Å². The first-order valence-electron chi connectivity index (χ1n) is 5.49. The molecule has 1 heterocycles. The Kier molecular flexibility index (Phi) is 4.38. The summed E-state index contributed by atoms with van der Waals surface area (Å²) in [4.78, 5) is 0. The van der Waals surface area contributed by atoms with E-state index in [0.29, 0.717) is 5.56 Å². The first-order chi connectivity index (χ1) is 9.34. The van der Waals surface area contributed by atoms with Crippen LogP contribution in [0.2, 0.25) is 0 Å². The Morgan fingerprint density at radius 3 is 2.40 bits per heavy atom. The largest absolute Gasteiger partial charge is 0.416 e. The molecule has 0 amide bonds. The smallest absolute Gasteiger partial charge is 0.398 e. The fourth-order valence-electron chi connectivity index (χ4n) is 1.85. The maximum atomic E-state index is 12.8. The van der Waals surface area contributed by atoms with Crippen molar-refractivity contribution in [3.63, 3.8) is 0 Å². The summed E-state index contributed by atoms with van der Waals surface area (Å²) < 4.78 is 39.1. The highest BCUT2D eigenvalue weighted by atomic mass is 79.9. The highest BCUT2D eigenvalue weighted by Crippen LogP contribution is 2.37. The van der Waals surface area contributed by atoms with Gasteiger partial charge in [-0.3, -0.25) is 5.84 Å². The van der Waals surface area contributed by atoms with E-state index in [2.05, 4.69) is 21.4 Å². The van der Waals surface area contributed by atoms with E-state index in [1.54, 1.807) is 5.38 Å². The Hall–Kier alpha value is -1.09. The molecule has 1 aromatic heterocycles. The second-order valence-electron chi connectivity index (χ2n) is 4.12. The van der Waals surface area contributed by atoms with Crippen LogP contribution >= 0.6 is 27.3 Å². The minimum Gasteiger partial charge on any atom is -0.398 e. The van der Waals surface area contributed by atoms with E-state index in [9.17, 15) is 13.2 Å². The zero-order valence-electron chi connectivity index (χ0n) is 10.0. The maximum absolute atomic E-state index is 12.8. The van der Waals surface area contributed by atoms with Crippen molar-refractivity contribution in [3.8, 4) is 0 Å². The Morgan fingerprint density at radius 2 is 1.90 bits per heavy atom. The van der Waals surface area contributed by atoms with E-state index in [0.717, 1.165) is 22.2 Å². The molecule has 8 heteroatoms. The third-order valence-electron chi connectivity index (χ3n) is 2.85. The molecule has 0 aliphatic heterocycles. The second kappa shape index (κ2) is 5.72. The highest BCUT2D eigenvalue weighted by Gasteiger charge is 2.32. The topological polar surface area (TPSA) is 64.1 Å². The fraction of sp³-hybridized carbons (Fsp3) is 0.167. The van der Waals surface area contributed by atoms with Gasteiger partial charge in [0.25, 0.3) is 0 Å². The number of alkyl halides is 3. The Bertz CT molecular complexity index is 612. The lowest BCUT2D eigenvalue weighted by Crippen LogP contribution is -2.29. The summed E-state index contributed by atoms with van der Waals surface area (Å²) in [5.41, 5.74) is 8.83.